The molecule has 1 aromatic carbocycles. The van der Waals surface area contributed by atoms with Crippen LogP contribution in [0.4, 0.5) is 0 Å². The number of ether oxygens (including phenoxy) is 4. The van der Waals surface area contributed by atoms with Gasteiger partial charge in [-0.25, -0.2) is 0 Å². The normalized spacial score (nSPS) is 19.6. The Hall–Kier alpha value is -3.44. The SMILES string of the molecule is CCOc1cccc([C@H]2C(C#N)=C(N)Oc3cc(C)n(C[C@H]4CCCO4)c(=O)c32)c1OCC. The van der Waals surface area contributed by atoms with Crippen LogP contribution in [0, 0.1) is 18.3 Å². The van der Waals surface area contributed by atoms with Crippen molar-refractivity contribution in [2.24, 2.45) is 5.73 Å². The lowest BCUT2D eigenvalue weighted by Crippen LogP contribution is -2.35. The summed E-state index contributed by atoms with van der Waals surface area (Å²) in [6.07, 6.45) is 1.87. The van der Waals surface area contributed by atoms with Crippen LogP contribution in [0.2, 0.25) is 0 Å². The van der Waals surface area contributed by atoms with Gasteiger partial charge in [0.1, 0.15) is 17.4 Å². The van der Waals surface area contributed by atoms with E-state index in [9.17, 15) is 10.1 Å². The van der Waals surface area contributed by atoms with Crippen molar-refractivity contribution in [3.63, 3.8) is 0 Å². The average Bonchev–Trinajstić information content (AvgIpc) is 3.30. The molecule has 2 N–H and O–H groups in total. The second-order valence-electron chi connectivity index (χ2n) is 8.08. The quantitative estimate of drug-likeness (QED) is 0.688. The molecule has 1 aromatic heterocycles. The number of nitriles is 1. The summed E-state index contributed by atoms with van der Waals surface area (Å²) in [5.41, 5.74) is 7.84. The van der Waals surface area contributed by atoms with Crippen LogP contribution in [0.3, 0.4) is 0 Å². The van der Waals surface area contributed by atoms with Gasteiger partial charge in [0.25, 0.3) is 5.56 Å². The average molecular weight is 452 g/mol. The Bertz CT molecular complexity index is 1170. The molecule has 0 spiro atoms. The molecule has 174 valence electrons. The van der Waals surface area contributed by atoms with Crippen molar-refractivity contribution >= 4 is 0 Å². The van der Waals surface area contributed by atoms with Crippen LogP contribution < -0.4 is 25.5 Å². The van der Waals surface area contributed by atoms with Crippen LogP contribution >= 0.6 is 0 Å². The Kier molecular flexibility index (Phi) is 6.61. The molecule has 1 saturated heterocycles. The summed E-state index contributed by atoms with van der Waals surface area (Å²) in [7, 11) is 0. The number of para-hydroxylation sites is 1. The molecule has 4 rings (SSSR count). The Morgan fingerprint density at radius 2 is 2.06 bits per heavy atom. The maximum absolute atomic E-state index is 13.8. The molecule has 1 fully saturated rings. The third-order valence-corrected chi connectivity index (χ3v) is 6.01. The molecule has 2 aromatic rings. The third kappa shape index (κ3) is 4.16. The number of benzene rings is 1. The molecule has 8 nitrogen and oxygen atoms in total. The van der Waals surface area contributed by atoms with Crippen molar-refractivity contribution in [3.8, 4) is 23.3 Å². The lowest BCUT2D eigenvalue weighted by molar-refractivity contribution is 0.0954. The summed E-state index contributed by atoms with van der Waals surface area (Å²) in [5, 5.41) is 9.99. The van der Waals surface area contributed by atoms with E-state index in [1.165, 1.54) is 0 Å². The first-order chi connectivity index (χ1) is 16.0. The Morgan fingerprint density at radius 3 is 2.73 bits per heavy atom. The van der Waals surface area contributed by atoms with Gasteiger partial charge in [-0.15, -0.1) is 0 Å². The number of aromatic nitrogens is 1. The molecule has 0 aliphatic carbocycles. The van der Waals surface area contributed by atoms with E-state index in [0.29, 0.717) is 54.7 Å². The summed E-state index contributed by atoms with van der Waals surface area (Å²) < 4.78 is 25.0. The van der Waals surface area contributed by atoms with Crippen molar-refractivity contribution in [2.45, 2.75) is 52.2 Å². The molecule has 2 atom stereocenters. The lowest BCUT2D eigenvalue weighted by Gasteiger charge is -2.29. The van der Waals surface area contributed by atoms with Crippen LogP contribution in [0.1, 0.15) is 49.4 Å². The van der Waals surface area contributed by atoms with E-state index in [1.807, 2.05) is 39.0 Å². The van der Waals surface area contributed by atoms with Gasteiger partial charge < -0.3 is 29.2 Å². The molecule has 8 heteroatoms. The van der Waals surface area contributed by atoms with Gasteiger partial charge in [0.2, 0.25) is 5.88 Å². The van der Waals surface area contributed by atoms with Crippen LogP contribution in [0.5, 0.6) is 17.2 Å². The Morgan fingerprint density at radius 1 is 1.27 bits per heavy atom. The van der Waals surface area contributed by atoms with E-state index in [0.717, 1.165) is 18.5 Å². The minimum atomic E-state index is -0.746. The molecular formula is C25H29N3O5. The number of fused-ring (bicyclic) bond motifs is 1. The molecule has 3 heterocycles. The molecule has 33 heavy (non-hydrogen) atoms. The lowest BCUT2D eigenvalue weighted by atomic mass is 9.83. The minimum absolute atomic E-state index is 0.0151. The van der Waals surface area contributed by atoms with Crippen molar-refractivity contribution in [1.82, 2.24) is 4.57 Å². The van der Waals surface area contributed by atoms with Gasteiger partial charge in [-0.1, -0.05) is 12.1 Å². The number of hydrogen-bond donors (Lipinski definition) is 1. The summed E-state index contributed by atoms with van der Waals surface area (Å²) in [4.78, 5) is 13.8. The highest BCUT2D eigenvalue weighted by Gasteiger charge is 2.37. The van der Waals surface area contributed by atoms with Gasteiger partial charge >= 0.3 is 0 Å². The summed E-state index contributed by atoms with van der Waals surface area (Å²) >= 11 is 0. The second kappa shape index (κ2) is 9.59. The first-order valence-electron chi connectivity index (χ1n) is 11.3. The highest BCUT2D eigenvalue weighted by Crippen LogP contribution is 2.46. The largest absolute Gasteiger partial charge is 0.490 e. The van der Waals surface area contributed by atoms with Gasteiger partial charge in [0.15, 0.2) is 11.5 Å². The van der Waals surface area contributed by atoms with Crippen molar-refractivity contribution in [1.29, 1.82) is 5.26 Å². The summed E-state index contributed by atoms with van der Waals surface area (Å²) in [6, 6.07) is 9.42. The molecule has 0 unspecified atom stereocenters. The second-order valence-corrected chi connectivity index (χ2v) is 8.08. The zero-order chi connectivity index (χ0) is 23.5. The van der Waals surface area contributed by atoms with Gasteiger partial charge in [0, 0.05) is 23.9 Å². The molecule has 0 bridgehead atoms. The Labute approximate surface area is 193 Å². The molecule has 0 radical (unpaired) electrons. The van der Waals surface area contributed by atoms with Crippen LogP contribution in [0.25, 0.3) is 0 Å². The predicted molar refractivity (Wildman–Crippen MR) is 122 cm³/mol. The number of nitrogens with two attached hydrogens (primary N) is 1. The number of pyridine rings is 1. The van der Waals surface area contributed by atoms with Crippen LogP contribution in [-0.4, -0.2) is 30.5 Å². The van der Waals surface area contributed by atoms with Crippen LogP contribution in [0.15, 0.2) is 40.5 Å². The maximum atomic E-state index is 13.8. The molecule has 0 saturated carbocycles. The van der Waals surface area contributed by atoms with Crippen molar-refractivity contribution in [3.05, 3.63) is 62.9 Å². The third-order valence-electron chi connectivity index (χ3n) is 6.01. The van der Waals surface area contributed by atoms with Crippen molar-refractivity contribution < 1.29 is 18.9 Å². The Balaban J connectivity index is 1.94. The number of aryl methyl sites for hydroxylation is 1. The molecule has 0 amide bonds. The minimum Gasteiger partial charge on any atom is -0.490 e. The first-order valence-corrected chi connectivity index (χ1v) is 11.3. The fourth-order valence-electron chi connectivity index (χ4n) is 4.54. The van der Waals surface area contributed by atoms with Gasteiger partial charge in [0.05, 0.1) is 37.3 Å². The highest BCUT2D eigenvalue weighted by molar-refractivity contribution is 5.60. The maximum Gasteiger partial charge on any atom is 0.258 e. The molecule has 2 aliphatic heterocycles. The van der Waals surface area contributed by atoms with E-state index < -0.39 is 5.92 Å². The highest BCUT2D eigenvalue weighted by atomic mass is 16.5. The van der Waals surface area contributed by atoms with Crippen LogP contribution in [-0.2, 0) is 11.3 Å². The molecular weight excluding hydrogens is 422 g/mol. The van der Waals surface area contributed by atoms with E-state index in [-0.39, 0.29) is 23.1 Å². The smallest absolute Gasteiger partial charge is 0.258 e. The predicted octanol–water partition coefficient (Wildman–Crippen LogP) is 3.35. The van der Waals surface area contributed by atoms with Gasteiger partial charge in [-0.05, 0) is 39.7 Å². The first kappa shape index (κ1) is 22.7. The number of hydrogen-bond acceptors (Lipinski definition) is 7. The number of rotatable bonds is 7. The topological polar surface area (TPSA) is 109 Å². The summed E-state index contributed by atoms with van der Waals surface area (Å²) in [6.45, 7) is 7.61. The summed E-state index contributed by atoms with van der Waals surface area (Å²) in [5.74, 6) is 0.629. The van der Waals surface area contributed by atoms with Gasteiger partial charge in [-0.3, -0.25) is 4.79 Å². The standard InChI is InChI=1S/C25H29N3O5/c1-4-30-19-10-6-9-17(23(19)31-5-2)21-18(13-26)24(27)33-20-12-15(3)28(25(29)22(20)21)14-16-8-7-11-32-16/h6,9-10,12,16,21H,4-5,7-8,11,14,27H2,1-3H3/t16-,21+/m1/s1. The number of nitrogens with zero attached hydrogens (tertiary/aromatic N) is 2. The van der Waals surface area contributed by atoms with E-state index in [1.54, 1.807) is 10.6 Å². The fourth-order valence-corrected chi connectivity index (χ4v) is 4.54. The monoisotopic (exact) mass is 451 g/mol. The number of allylic oxidation sites excluding steroid dienone is 1. The molecule has 2 aliphatic rings. The van der Waals surface area contributed by atoms with Crippen molar-refractivity contribution in [2.75, 3.05) is 19.8 Å². The fraction of sp³-hybridized carbons (Fsp3) is 0.440. The zero-order valence-corrected chi connectivity index (χ0v) is 19.2. The zero-order valence-electron chi connectivity index (χ0n) is 19.2. The van der Waals surface area contributed by atoms with E-state index in [2.05, 4.69) is 6.07 Å². The van der Waals surface area contributed by atoms with Gasteiger partial charge in [-0.2, -0.15) is 5.26 Å². The van der Waals surface area contributed by atoms with E-state index >= 15 is 0 Å². The van der Waals surface area contributed by atoms with E-state index in [4.69, 9.17) is 24.7 Å².